The lowest BCUT2D eigenvalue weighted by Crippen LogP contribution is -2.41. The van der Waals surface area contributed by atoms with Gasteiger partial charge in [-0.1, -0.05) is 48.0 Å². The number of halogens is 3. The number of nitrogens with zero attached hydrogens (tertiary/aromatic N) is 5. The third-order valence-corrected chi connectivity index (χ3v) is 6.04. The van der Waals surface area contributed by atoms with Crippen molar-refractivity contribution in [2.45, 2.75) is 19.6 Å². The van der Waals surface area contributed by atoms with Gasteiger partial charge in [0.05, 0.1) is 12.8 Å². The molecule has 38 heavy (non-hydrogen) atoms. The Labute approximate surface area is 216 Å². The van der Waals surface area contributed by atoms with Crippen molar-refractivity contribution in [1.29, 1.82) is 0 Å². The summed E-state index contributed by atoms with van der Waals surface area (Å²) < 4.78 is 38.7. The average Bonchev–Trinajstić information content (AvgIpc) is 2.92. The van der Waals surface area contributed by atoms with Crippen LogP contribution < -0.4 is 5.32 Å². The summed E-state index contributed by atoms with van der Waals surface area (Å²) in [6, 6.07) is 17.4. The number of hydrogen-bond acceptors (Lipinski definition) is 7. The Morgan fingerprint density at radius 3 is 2.37 bits per heavy atom. The van der Waals surface area contributed by atoms with Gasteiger partial charge in [-0.25, -0.2) is 4.84 Å². The second-order valence-electron chi connectivity index (χ2n) is 8.72. The molecule has 194 valence electrons. The first-order valence-electron chi connectivity index (χ1n) is 11.7. The summed E-state index contributed by atoms with van der Waals surface area (Å²) in [7, 11) is 1.57. The molecule has 0 saturated heterocycles. The summed E-state index contributed by atoms with van der Waals surface area (Å²) in [6.07, 6.45) is -1.63. The number of hydrogen-bond donors (Lipinski definition) is 1. The van der Waals surface area contributed by atoms with E-state index in [-0.39, 0.29) is 19.2 Å². The Balaban J connectivity index is 1.54. The zero-order valence-corrected chi connectivity index (χ0v) is 20.5. The molecule has 5 rings (SSSR count). The molecule has 0 saturated carbocycles. The maximum absolute atomic E-state index is 12.9. The number of aromatic nitrogens is 1. The minimum atomic E-state index is -4.51. The van der Waals surface area contributed by atoms with Gasteiger partial charge in [0.15, 0.2) is 6.73 Å². The van der Waals surface area contributed by atoms with Crippen LogP contribution in [0.5, 0.6) is 0 Å². The minimum Gasteiger partial charge on any atom is -0.355 e. The van der Waals surface area contributed by atoms with Gasteiger partial charge in [-0.2, -0.15) is 23.4 Å². The van der Waals surface area contributed by atoms with Crippen molar-refractivity contribution >= 4 is 29.1 Å². The highest BCUT2D eigenvalue weighted by molar-refractivity contribution is 6.39. The maximum Gasteiger partial charge on any atom is 0.433 e. The predicted molar refractivity (Wildman–Crippen MR) is 136 cm³/mol. The molecule has 3 heterocycles. The number of rotatable bonds is 5. The lowest BCUT2D eigenvalue weighted by Gasteiger charge is -2.34. The van der Waals surface area contributed by atoms with Gasteiger partial charge in [-0.15, -0.1) is 5.17 Å². The standard InChI is InChI=1S/C27H23F3N6O2/c1-17-3-6-19(7-4-17)22-14-33-36-25(24(22)20-8-10-21(11-9-20)26(37)31-2)34-35(16-38-36)15-18-5-12-23(32-13-18)27(28,29)30/h3-14H,15-16H2,1-2H3,(H,31,37). The molecule has 2 aliphatic heterocycles. The Morgan fingerprint density at radius 2 is 1.74 bits per heavy atom. The van der Waals surface area contributed by atoms with E-state index in [9.17, 15) is 18.0 Å². The van der Waals surface area contributed by atoms with Gasteiger partial charge < -0.3 is 5.32 Å². The second kappa shape index (κ2) is 10.1. The van der Waals surface area contributed by atoms with Crippen LogP contribution in [0.4, 0.5) is 13.2 Å². The quantitative estimate of drug-likeness (QED) is 0.528. The van der Waals surface area contributed by atoms with Crippen molar-refractivity contribution in [3.63, 3.8) is 0 Å². The SMILES string of the molecule is CNC(=O)c1ccc(C2=C(c3ccc(C)cc3)C=NN3OCN(Cc4ccc(C(F)(F)F)nc4)N=C23)cc1. The maximum atomic E-state index is 12.9. The van der Waals surface area contributed by atoms with E-state index in [1.807, 2.05) is 43.3 Å². The average molecular weight is 521 g/mol. The van der Waals surface area contributed by atoms with Gasteiger partial charge in [-0.3, -0.25) is 14.8 Å². The zero-order valence-electron chi connectivity index (χ0n) is 20.5. The Morgan fingerprint density at radius 1 is 1.03 bits per heavy atom. The molecule has 0 fully saturated rings. The molecule has 3 aromatic rings. The van der Waals surface area contributed by atoms with Crippen LogP contribution in [-0.2, 0) is 17.6 Å². The second-order valence-corrected chi connectivity index (χ2v) is 8.72. The first kappa shape index (κ1) is 25.2. The molecular formula is C27H23F3N6O2. The summed E-state index contributed by atoms with van der Waals surface area (Å²) in [5.74, 6) is 0.202. The molecule has 0 bridgehead atoms. The summed E-state index contributed by atoms with van der Waals surface area (Å²) >= 11 is 0. The van der Waals surface area contributed by atoms with Gasteiger partial charge in [0.25, 0.3) is 5.91 Å². The normalized spacial score (nSPS) is 15.3. The van der Waals surface area contributed by atoms with Crippen LogP contribution in [0, 0.1) is 6.92 Å². The fourth-order valence-corrected chi connectivity index (χ4v) is 4.06. The number of hydrazone groups is 2. The minimum absolute atomic E-state index is 0.0324. The summed E-state index contributed by atoms with van der Waals surface area (Å²) in [5, 5.41) is 14.7. The molecule has 2 aliphatic rings. The number of amidine groups is 1. The van der Waals surface area contributed by atoms with Gasteiger partial charge in [0.1, 0.15) is 5.69 Å². The summed E-state index contributed by atoms with van der Waals surface area (Å²) in [6.45, 7) is 2.21. The number of hydroxylamine groups is 1. The van der Waals surface area contributed by atoms with Crippen LogP contribution in [0.15, 0.2) is 77.1 Å². The van der Waals surface area contributed by atoms with Crippen molar-refractivity contribution in [1.82, 2.24) is 20.5 Å². The number of carbonyl (C=O) groups is 1. The first-order chi connectivity index (χ1) is 18.2. The van der Waals surface area contributed by atoms with E-state index in [0.29, 0.717) is 17.0 Å². The van der Waals surface area contributed by atoms with Crippen molar-refractivity contribution in [2.75, 3.05) is 13.8 Å². The largest absolute Gasteiger partial charge is 0.433 e. The Hall–Kier alpha value is -4.51. The van der Waals surface area contributed by atoms with Crippen LogP contribution in [0.3, 0.4) is 0 Å². The van der Waals surface area contributed by atoms with E-state index in [4.69, 9.17) is 9.94 Å². The van der Waals surface area contributed by atoms with Crippen LogP contribution in [0.25, 0.3) is 11.1 Å². The number of nitrogens with one attached hydrogen (secondary N) is 1. The Kier molecular flexibility index (Phi) is 6.68. The van der Waals surface area contributed by atoms with Gasteiger partial charge in [-0.05, 0) is 41.8 Å². The van der Waals surface area contributed by atoms with E-state index in [0.717, 1.165) is 33.9 Å². The molecule has 1 N–H and O–H groups in total. The number of aryl methyl sites for hydroxylation is 1. The molecule has 2 aromatic carbocycles. The predicted octanol–water partition coefficient (Wildman–Crippen LogP) is 4.70. The number of carbonyl (C=O) groups excluding carboxylic acids is 1. The van der Waals surface area contributed by atoms with E-state index in [1.165, 1.54) is 17.4 Å². The van der Waals surface area contributed by atoms with Crippen LogP contribution >= 0.6 is 0 Å². The fraction of sp³-hybridized carbons (Fsp3) is 0.185. The highest BCUT2D eigenvalue weighted by Crippen LogP contribution is 2.33. The zero-order chi connectivity index (χ0) is 26.9. The van der Waals surface area contributed by atoms with Gasteiger partial charge in [0.2, 0.25) is 5.84 Å². The van der Waals surface area contributed by atoms with Crippen molar-refractivity contribution in [3.8, 4) is 0 Å². The molecule has 11 heteroatoms. The molecule has 0 unspecified atom stereocenters. The van der Waals surface area contributed by atoms with E-state index >= 15 is 0 Å². The molecule has 0 atom stereocenters. The summed E-state index contributed by atoms with van der Waals surface area (Å²) in [5.41, 5.74) is 4.42. The van der Waals surface area contributed by atoms with Gasteiger partial charge in [0, 0.05) is 30.0 Å². The third kappa shape index (κ3) is 5.14. The van der Waals surface area contributed by atoms with E-state index in [1.54, 1.807) is 30.4 Å². The monoisotopic (exact) mass is 520 g/mol. The highest BCUT2D eigenvalue weighted by atomic mass is 19.4. The van der Waals surface area contributed by atoms with Crippen molar-refractivity contribution in [3.05, 3.63) is 100 Å². The molecule has 1 amide bonds. The number of pyridine rings is 1. The smallest absolute Gasteiger partial charge is 0.355 e. The lowest BCUT2D eigenvalue weighted by molar-refractivity contribution is -0.159. The number of benzene rings is 2. The number of allylic oxidation sites excluding steroid dienone is 1. The molecule has 8 nitrogen and oxygen atoms in total. The van der Waals surface area contributed by atoms with E-state index in [2.05, 4.69) is 15.4 Å². The molecule has 0 aliphatic carbocycles. The topological polar surface area (TPSA) is 82.4 Å². The van der Waals surface area contributed by atoms with Gasteiger partial charge >= 0.3 is 6.18 Å². The van der Waals surface area contributed by atoms with E-state index < -0.39 is 11.9 Å². The number of fused-ring (bicyclic) bond motifs is 1. The van der Waals surface area contributed by atoms with Crippen molar-refractivity contribution < 1.29 is 22.8 Å². The first-order valence-corrected chi connectivity index (χ1v) is 11.7. The lowest BCUT2D eigenvalue weighted by atomic mass is 9.92. The third-order valence-electron chi connectivity index (χ3n) is 6.04. The number of amides is 1. The molecule has 0 spiro atoms. The number of alkyl halides is 3. The van der Waals surface area contributed by atoms with Crippen LogP contribution in [0.1, 0.15) is 38.3 Å². The van der Waals surface area contributed by atoms with Crippen molar-refractivity contribution in [2.24, 2.45) is 10.2 Å². The Bertz CT molecular complexity index is 1430. The summed E-state index contributed by atoms with van der Waals surface area (Å²) in [4.78, 5) is 21.4. The highest BCUT2D eigenvalue weighted by Gasteiger charge is 2.33. The molecular weight excluding hydrogens is 497 g/mol. The fourth-order valence-electron chi connectivity index (χ4n) is 4.06. The molecule has 1 aromatic heterocycles. The van der Waals surface area contributed by atoms with Crippen LogP contribution in [0.2, 0.25) is 0 Å². The van der Waals surface area contributed by atoms with Crippen LogP contribution in [-0.4, -0.2) is 46.9 Å². The molecule has 0 radical (unpaired) electrons.